The summed E-state index contributed by atoms with van der Waals surface area (Å²) in [4.78, 5) is 37.5. The number of imidazole rings is 1. The fourth-order valence-electron chi connectivity index (χ4n) is 4.58. The number of hydrogen-bond donors (Lipinski definition) is 3. The summed E-state index contributed by atoms with van der Waals surface area (Å²) in [5.41, 5.74) is 13.0. The minimum absolute atomic E-state index is 0.0463. The molecule has 0 saturated heterocycles. The summed E-state index contributed by atoms with van der Waals surface area (Å²) < 4.78 is 43.5. The van der Waals surface area contributed by atoms with E-state index in [4.69, 9.17) is 11.5 Å². The highest BCUT2D eigenvalue weighted by Crippen LogP contribution is 2.39. The van der Waals surface area contributed by atoms with Gasteiger partial charge < -0.3 is 21.4 Å². The summed E-state index contributed by atoms with van der Waals surface area (Å²) in [7, 11) is 1.56. The van der Waals surface area contributed by atoms with Gasteiger partial charge in [0.25, 0.3) is 5.91 Å². The van der Waals surface area contributed by atoms with Crippen LogP contribution in [0.3, 0.4) is 0 Å². The summed E-state index contributed by atoms with van der Waals surface area (Å²) in [5.74, 6) is -2.17. The molecule has 1 fully saturated rings. The van der Waals surface area contributed by atoms with Crippen molar-refractivity contribution in [1.82, 2.24) is 19.9 Å². The van der Waals surface area contributed by atoms with Crippen LogP contribution < -0.4 is 16.8 Å². The van der Waals surface area contributed by atoms with Gasteiger partial charge >= 0.3 is 0 Å². The van der Waals surface area contributed by atoms with Crippen molar-refractivity contribution >= 4 is 34.6 Å². The molecule has 3 aromatic rings. The zero-order valence-electron chi connectivity index (χ0n) is 20.0. The van der Waals surface area contributed by atoms with Gasteiger partial charge in [-0.1, -0.05) is 0 Å². The molecule has 1 aliphatic carbocycles. The van der Waals surface area contributed by atoms with Crippen molar-refractivity contribution in [3.63, 3.8) is 0 Å². The number of nitrogens with one attached hydrogen (secondary N) is 1. The van der Waals surface area contributed by atoms with E-state index < -0.39 is 35.9 Å². The van der Waals surface area contributed by atoms with E-state index in [1.165, 1.54) is 41.4 Å². The van der Waals surface area contributed by atoms with E-state index >= 15 is 0 Å². The van der Waals surface area contributed by atoms with Crippen LogP contribution in [0.25, 0.3) is 16.6 Å². The molecule has 5 N–H and O–H groups in total. The first kappa shape index (κ1) is 25.9. The lowest BCUT2D eigenvalue weighted by molar-refractivity contribution is -0.118. The number of benzene rings is 1. The van der Waals surface area contributed by atoms with Gasteiger partial charge in [-0.25, -0.2) is 23.1 Å². The standard InChI is InChI=1S/C25H26F3N7O2/c1-31-11-16(9-29)14-4-13(5-17(26)6-14)10-33-25(37)22-23-20(2-3-32-22)34-24(35(23)12-21(30)36)15-7-18(27)19(28)8-15/h2-6,9,11,15,18-19H,7-8,10,12,29H2,1H3,(H2,30,36)(H,33,37). The van der Waals surface area contributed by atoms with Gasteiger partial charge in [-0.15, -0.1) is 0 Å². The van der Waals surface area contributed by atoms with Crippen LogP contribution in [0, 0.1) is 5.82 Å². The zero-order chi connectivity index (χ0) is 26.7. The van der Waals surface area contributed by atoms with Crippen LogP contribution >= 0.6 is 0 Å². The van der Waals surface area contributed by atoms with E-state index in [-0.39, 0.29) is 43.0 Å². The van der Waals surface area contributed by atoms with E-state index in [1.54, 1.807) is 13.1 Å². The molecular formula is C25H26F3N7O2. The van der Waals surface area contributed by atoms with Gasteiger partial charge in [0.05, 0.1) is 5.52 Å². The fourth-order valence-corrected chi connectivity index (χ4v) is 4.58. The maximum atomic E-state index is 14.3. The number of carbonyl (C=O) groups excluding carboxylic acids is 2. The Morgan fingerprint density at radius 1 is 1.24 bits per heavy atom. The highest BCUT2D eigenvalue weighted by molar-refractivity contribution is 6.09. The minimum Gasteiger partial charge on any atom is -0.404 e. The Hall–Kier alpha value is -4.22. The molecule has 0 spiro atoms. The summed E-state index contributed by atoms with van der Waals surface area (Å²) in [6, 6.07) is 5.76. The molecule has 2 amide bonds. The van der Waals surface area contributed by atoms with Crippen LogP contribution in [0.2, 0.25) is 0 Å². The van der Waals surface area contributed by atoms with Crippen molar-refractivity contribution < 1.29 is 22.8 Å². The van der Waals surface area contributed by atoms with Crippen molar-refractivity contribution in [3.05, 3.63) is 65.1 Å². The smallest absolute Gasteiger partial charge is 0.272 e. The minimum atomic E-state index is -1.64. The second-order valence-electron chi connectivity index (χ2n) is 8.79. The molecule has 0 bridgehead atoms. The first-order valence-corrected chi connectivity index (χ1v) is 11.6. The summed E-state index contributed by atoms with van der Waals surface area (Å²) in [5, 5.41) is 2.69. The first-order valence-electron chi connectivity index (χ1n) is 11.6. The fraction of sp³-hybridized carbons (Fsp3) is 0.320. The van der Waals surface area contributed by atoms with Crippen LogP contribution in [0.15, 0.2) is 41.7 Å². The normalized spacial score (nSPS) is 20.1. The van der Waals surface area contributed by atoms with Gasteiger partial charge in [0, 0.05) is 43.7 Å². The lowest BCUT2D eigenvalue weighted by Crippen LogP contribution is -2.26. The van der Waals surface area contributed by atoms with E-state index in [9.17, 15) is 22.8 Å². The Kier molecular flexibility index (Phi) is 7.55. The molecule has 2 aromatic heterocycles. The number of primary amides is 1. The lowest BCUT2D eigenvalue weighted by Gasteiger charge is -2.13. The number of halogens is 3. The largest absolute Gasteiger partial charge is 0.404 e. The van der Waals surface area contributed by atoms with Gasteiger partial charge in [0.15, 0.2) is 5.69 Å². The SMILES string of the molecule is CN=CC(=CN)c1cc(F)cc(CNC(=O)c2nccc3nc(C4CC(F)C(F)C4)n(CC(N)=O)c23)c1. The summed E-state index contributed by atoms with van der Waals surface area (Å²) in [6.07, 6.45) is 0.691. The van der Waals surface area contributed by atoms with Crippen LogP contribution in [-0.4, -0.2) is 52.0 Å². The third-order valence-corrected chi connectivity index (χ3v) is 6.18. The van der Waals surface area contributed by atoms with Crippen molar-refractivity contribution in [2.75, 3.05) is 7.05 Å². The number of hydrogen-bond acceptors (Lipinski definition) is 6. The molecule has 37 heavy (non-hydrogen) atoms. The second kappa shape index (κ2) is 10.8. The number of nitrogens with two attached hydrogens (primary N) is 2. The van der Waals surface area contributed by atoms with Crippen LogP contribution in [0.1, 0.15) is 46.2 Å². The van der Waals surface area contributed by atoms with Gasteiger partial charge in [-0.3, -0.25) is 14.6 Å². The second-order valence-corrected chi connectivity index (χ2v) is 8.79. The molecule has 2 unspecified atom stereocenters. The van der Waals surface area contributed by atoms with Gasteiger partial charge in [0.2, 0.25) is 5.91 Å². The number of amides is 2. The Morgan fingerprint density at radius 3 is 2.62 bits per heavy atom. The summed E-state index contributed by atoms with van der Waals surface area (Å²) in [6.45, 7) is -0.391. The third kappa shape index (κ3) is 5.47. The molecule has 0 aliphatic heterocycles. The number of alkyl halides is 2. The quantitative estimate of drug-likeness (QED) is 0.397. The number of pyridine rings is 1. The molecule has 1 saturated carbocycles. The Labute approximate surface area is 210 Å². The number of fused-ring (bicyclic) bond motifs is 1. The molecule has 1 aliphatic rings. The molecule has 0 radical (unpaired) electrons. The highest BCUT2D eigenvalue weighted by atomic mass is 19.2. The van der Waals surface area contributed by atoms with E-state index in [0.717, 1.165) is 0 Å². The Morgan fingerprint density at radius 2 is 1.97 bits per heavy atom. The third-order valence-electron chi connectivity index (χ3n) is 6.18. The van der Waals surface area contributed by atoms with Crippen molar-refractivity contribution in [2.24, 2.45) is 16.5 Å². The molecule has 2 heterocycles. The first-order chi connectivity index (χ1) is 17.7. The van der Waals surface area contributed by atoms with Crippen molar-refractivity contribution in [3.8, 4) is 0 Å². The number of aromatic nitrogens is 3. The lowest BCUT2D eigenvalue weighted by atomic mass is 10.0. The monoisotopic (exact) mass is 513 g/mol. The topological polar surface area (TPSA) is 141 Å². The van der Waals surface area contributed by atoms with Gasteiger partial charge in [-0.2, -0.15) is 0 Å². The Bertz CT molecular complexity index is 1390. The van der Waals surface area contributed by atoms with Crippen LogP contribution in [0.4, 0.5) is 13.2 Å². The Balaban J connectivity index is 1.66. The highest BCUT2D eigenvalue weighted by Gasteiger charge is 2.38. The predicted molar refractivity (Wildman–Crippen MR) is 133 cm³/mol. The maximum absolute atomic E-state index is 14.3. The summed E-state index contributed by atoms with van der Waals surface area (Å²) >= 11 is 0. The van der Waals surface area contributed by atoms with Crippen LogP contribution in [0.5, 0.6) is 0 Å². The molecular weight excluding hydrogens is 487 g/mol. The van der Waals surface area contributed by atoms with Gasteiger partial charge in [-0.05, 0) is 48.2 Å². The van der Waals surface area contributed by atoms with E-state index in [2.05, 4.69) is 20.3 Å². The number of carbonyl (C=O) groups is 2. The van der Waals surface area contributed by atoms with E-state index in [0.29, 0.717) is 22.2 Å². The molecule has 1 aromatic carbocycles. The maximum Gasteiger partial charge on any atom is 0.272 e. The molecule has 4 rings (SSSR count). The van der Waals surface area contributed by atoms with Gasteiger partial charge in [0.1, 0.15) is 36.0 Å². The van der Waals surface area contributed by atoms with E-state index in [1.807, 2.05) is 0 Å². The zero-order valence-corrected chi connectivity index (χ0v) is 20.0. The average Bonchev–Trinajstić information content (AvgIpc) is 3.39. The molecule has 194 valence electrons. The average molecular weight is 514 g/mol. The predicted octanol–water partition coefficient (Wildman–Crippen LogP) is 2.54. The molecule has 9 nitrogen and oxygen atoms in total. The number of allylic oxidation sites excluding steroid dienone is 1. The molecule has 12 heteroatoms. The number of rotatable bonds is 8. The molecule has 2 atom stereocenters. The van der Waals surface area contributed by atoms with Crippen molar-refractivity contribution in [1.29, 1.82) is 0 Å². The van der Waals surface area contributed by atoms with Crippen molar-refractivity contribution in [2.45, 2.75) is 44.2 Å². The van der Waals surface area contributed by atoms with Crippen LogP contribution in [-0.2, 0) is 17.9 Å². The number of aliphatic imine (C=N–C) groups is 1. The number of nitrogens with zero attached hydrogens (tertiary/aromatic N) is 4.